The summed E-state index contributed by atoms with van der Waals surface area (Å²) in [6.07, 6.45) is 1.94. The average Bonchev–Trinajstić information content (AvgIpc) is 2.50. The second-order valence-electron chi connectivity index (χ2n) is 4.58. The molecule has 0 atom stereocenters. The van der Waals surface area contributed by atoms with Crippen molar-refractivity contribution in [2.75, 3.05) is 25.1 Å². The summed E-state index contributed by atoms with van der Waals surface area (Å²) in [6.45, 7) is 4.38. The highest BCUT2D eigenvalue weighted by Gasteiger charge is 2.05. The number of nitrogens with zero attached hydrogens (tertiary/aromatic N) is 2. The molecular weight excluding hydrogens is 250 g/mol. The van der Waals surface area contributed by atoms with Gasteiger partial charge in [0.25, 0.3) is 0 Å². The van der Waals surface area contributed by atoms with Crippen LogP contribution in [0.4, 0.5) is 5.82 Å². The van der Waals surface area contributed by atoms with Crippen LogP contribution in [-0.2, 0) is 4.74 Å². The lowest BCUT2D eigenvalue weighted by Crippen LogP contribution is -2.08. The van der Waals surface area contributed by atoms with E-state index in [0.29, 0.717) is 11.4 Å². The van der Waals surface area contributed by atoms with Gasteiger partial charge in [0, 0.05) is 25.1 Å². The summed E-state index contributed by atoms with van der Waals surface area (Å²) in [5.41, 5.74) is 1.48. The smallest absolute Gasteiger partial charge is 0.144 e. The Balaban J connectivity index is 2.00. The molecule has 0 amide bonds. The van der Waals surface area contributed by atoms with Crippen molar-refractivity contribution in [2.24, 2.45) is 0 Å². The standard InChI is InChI=1S/C16H19N3O/c1-2-9-20-10-5-8-18-16-14(12-17)11-13-6-3-4-7-15(13)19-16/h3-4,6-7,11H,2,5,8-10H2,1H3,(H,18,19). The maximum atomic E-state index is 9.20. The Labute approximate surface area is 119 Å². The maximum absolute atomic E-state index is 9.20. The van der Waals surface area contributed by atoms with E-state index in [1.807, 2.05) is 30.3 Å². The third-order valence-electron chi connectivity index (χ3n) is 2.95. The fourth-order valence-corrected chi connectivity index (χ4v) is 1.96. The van der Waals surface area contributed by atoms with Crippen molar-refractivity contribution in [1.29, 1.82) is 5.26 Å². The molecule has 4 nitrogen and oxygen atoms in total. The SMILES string of the molecule is CCCOCCCNc1nc2ccccc2cc1C#N. The van der Waals surface area contributed by atoms with Gasteiger partial charge in [0.15, 0.2) is 0 Å². The average molecular weight is 269 g/mol. The number of hydrogen-bond donors (Lipinski definition) is 1. The zero-order valence-corrected chi connectivity index (χ0v) is 11.7. The molecule has 1 aromatic heterocycles. The molecule has 2 rings (SSSR count). The number of fused-ring (bicyclic) bond motifs is 1. The lowest BCUT2D eigenvalue weighted by Gasteiger charge is -2.09. The van der Waals surface area contributed by atoms with E-state index in [1.165, 1.54) is 0 Å². The molecule has 0 saturated carbocycles. The molecule has 1 aromatic carbocycles. The Bertz CT molecular complexity index is 604. The third-order valence-corrected chi connectivity index (χ3v) is 2.95. The quantitative estimate of drug-likeness (QED) is 0.783. The lowest BCUT2D eigenvalue weighted by molar-refractivity contribution is 0.134. The number of nitrogens with one attached hydrogen (secondary N) is 1. The Morgan fingerprint density at radius 3 is 2.95 bits per heavy atom. The van der Waals surface area contributed by atoms with Crippen LogP contribution in [0.1, 0.15) is 25.3 Å². The van der Waals surface area contributed by atoms with E-state index in [4.69, 9.17) is 4.74 Å². The van der Waals surface area contributed by atoms with Crippen molar-refractivity contribution in [3.8, 4) is 6.07 Å². The highest BCUT2D eigenvalue weighted by Crippen LogP contribution is 2.19. The van der Waals surface area contributed by atoms with Crippen LogP contribution >= 0.6 is 0 Å². The molecule has 1 N–H and O–H groups in total. The molecule has 0 radical (unpaired) electrons. The van der Waals surface area contributed by atoms with Crippen LogP contribution in [0.3, 0.4) is 0 Å². The van der Waals surface area contributed by atoms with E-state index in [9.17, 15) is 5.26 Å². The molecule has 0 saturated heterocycles. The minimum atomic E-state index is 0.582. The van der Waals surface area contributed by atoms with E-state index >= 15 is 0 Å². The summed E-state index contributed by atoms with van der Waals surface area (Å²) < 4.78 is 5.42. The number of anilines is 1. The molecule has 4 heteroatoms. The van der Waals surface area contributed by atoms with Gasteiger partial charge >= 0.3 is 0 Å². The fourth-order valence-electron chi connectivity index (χ4n) is 1.96. The third kappa shape index (κ3) is 3.69. The Kier molecular flexibility index (Phi) is 5.33. The van der Waals surface area contributed by atoms with E-state index in [2.05, 4.69) is 23.3 Å². The van der Waals surface area contributed by atoms with Gasteiger partial charge in [-0.2, -0.15) is 5.26 Å². The number of pyridine rings is 1. The molecule has 0 fully saturated rings. The topological polar surface area (TPSA) is 57.9 Å². The number of hydrogen-bond acceptors (Lipinski definition) is 4. The summed E-state index contributed by atoms with van der Waals surface area (Å²) in [7, 11) is 0. The monoisotopic (exact) mass is 269 g/mol. The normalized spacial score (nSPS) is 10.4. The van der Waals surface area contributed by atoms with E-state index in [-0.39, 0.29) is 0 Å². The van der Waals surface area contributed by atoms with Crippen LogP contribution < -0.4 is 5.32 Å². The van der Waals surface area contributed by atoms with Crippen LogP contribution in [0.25, 0.3) is 10.9 Å². The fraction of sp³-hybridized carbons (Fsp3) is 0.375. The Morgan fingerprint density at radius 2 is 2.15 bits per heavy atom. The van der Waals surface area contributed by atoms with Gasteiger partial charge < -0.3 is 10.1 Å². The summed E-state index contributed by atoms with van der Waals surface area (Å²) in [6, 6.07) is 11.9. The van der Waals surface area contributed by atoms with Crippen molar-refractivity contribution in [3.05, 3.63) is 35.9 Å². The van der Waals surface area contributed by atoms with Gasteiger partial charge in [-0.05, 0) is 25.0 Å². The van der Waals surface area contributed by atoms with Crippen LogP contribution in [0.5, 0.6) is 0 Å². The van der Waals surface area contributed by atoms with Crippen LogP contribution in [0.15, 0.2) is 30.3 Å². The zero-order valence-electron chi connectivity index (χ0n) is 11.7. The van der Waals surface area contributed by atoms with Gasteiger partial charge in [-0.15, -0.1) is 0 Å². The first-order valence-electron chi connectivity index (χ1n) is 6.96. The molecule has 0 aliphatic carbocycles. The van der Waals surface area contributed by atoms with Crippen molar-refractivity contribution >= 4 is 16.7 Å². The van der Waals surface area contributed by atoms with Crippen molar-refractivity contribution in [1.82, 2.24) is 4.98 Å². The van der Waals surface area contributed by atoms with E-state index < -0.39 is 0 Å². The molecule has 0 aliphatic rings. The second kappa shape index (κ2) is 7.46. The molecule has 104 valence electrons. The molecular formula is C16H19N3O. The number of nitriles is 1. The molecule has 20 heavy (non-hydrogen) atoms. The Hall–Kier alpha value is -2.12. The van der Waals surface area contributed by atoms with Gasteiger partial charge in [-0.3, -0.25) is 0 Å². The molecule has 0 bridgehead atoms. The van der Waals surface area contributed by atoms with Crippen LogP contribution in [-0.4, -0.2) is 24.7 Å². The van der Waals surface area contributed by atoms with Gasteiger partial charge in [0.05, 0.1) is 11.1 Å². The minimum absolute atomic E-state index is 0.582. The van der Waals surface area contributed by atoms with Gasteiger partial charge in [0.2, 0.25) is 0 Å². The molecule has 0 unspecified atom stereocenters. The van der Waals surface area contributed by atoms with Crippen LogP contribution in [0.2, 0.25) is 0 Å². The number of benzene rings is 1. The minimum Gasteiger partial charge on any atom is -0.381 e. The first-order valence-corrected chi connectivity index (χ1v) is 6.96. The summed E-state index contributed by atoms with van der Waals surface area (Å²) >= 11 is 0. The molecule has 0 spiro atoms. The lowest BCUT2D eigenvalue weighted by atomic mass is 10.1. The predicted molar refractivity (Wildman–Crippen MR) is 80.7 cm³/mol. The van der Waals surface area contributed by atoms with Gasteiger partial charge in [0.1, 0.15) is 11.9 Å². The molecule has 1 heterocycles. The Morgan fingerprint density at radius 1 is 1.30 bits per heavy atom. The number of rotatable bonds is 7. The highest BCUT2D eigenvalue weighted by molar-refractivity contribution is 5.82. The van der Waals surface area contributed by atoms with Crippen LogP contribution in [0, 0.1) is 11.3 Å². The number of aromatic nitrogens is 1. The summed E-state index contributed by atoms with van der Waals surface area (Å²) in [5.74, 6) is 0.654. The van der Waals surface area contributed by atoms with E-state index in [1.54, 1.807) is 0 Å². The van der Waals surface area contributed by atoms with Crippen molar-refractivity contribution < 1.29 is 4.74 Å². The second-order valence-corrected chi connectivity index (χ2v) is 4.58. The predicted octanol–water partition coefficient (Wildman–Crippen LogP) is 3.34. The van der Waals surface area contributed by atoms with Gasteiger partial charge in [-0.1, -0.05) is 25.1 Å². The highest BCUT2D eigenvalue weighted by atomic mass is 16.5. The molecule has 0 aliphatic heterocycles. The summed E-state index contributed by atoms with van der Waals surface area (Å²) in [5, 5.41) is 13.4. The van der Waals surface area contributed by atoms with Gasteiger partial charge in [-0.25, -0.2) is 4.98 Å². The first kappa shape index (κ1) is 14.3. The molecule has 2 aromatic rings. The maximum Gasteiger partial charge on any atom is 0.144 e. The largest absolute Gasteiger partial charge is 0.381 e. The summed E-state index contributed by atoms with van der Waals surface area (Å²) in [4.78, 5) is 4.51. The van der Waals surface area contributed by atoms with E-state index in [0.717, 1.165) is 43.5 Å². The van der Waals surface area contributed by atoms with Crippen molar-refractivity contribution in [3.63, 3.8) is 0 Å². The first-order chi connectivity index (χ1) is 9.85. The number of ether oxygens (including phenoxy) is 1. The number of para-hydroxylation sites is 1. The van der Waals surface area contributed by atoms with Crippen molar-refractivity contribution in [2.45, 2.75) is 19.8 Å². The zero-order chi connectivity index (χ0) is 14.2.